The van der Waals surface area contributed by atoms with Crippen LogP contribution in [-0.2, 0) is 16.1 Å². The summed E-state index contributed by atoms with van der Waals surface area (Å²) >= 11 is 5.82. The number of aliphatic hydroxyl groups is 1. The van der Waals surface area contributed by atoms with Crippen LogP contribution in [-0.4, -0.2) is 53.0 Å². The van der Waals surface area contributed by atoms with Crippen LogP contribution in [0.5, 0.6) is 0 Å². The zero-order chi connectivity index (χ0) is 24.5. The van der Waals surface area contributed by atoms with E-state index in [-0.39, 0.29) is 30.4 Å². The summed E-state index contributed by atoms with van der Waals surface area (Å²) in [6.45, 7) is 0.679. The first-order valence-electron chi connectivity index (χ1n) is 10.6. The summed E-state index contributed by atoms with van der Waals surface area (Å²) in [7, 11) is 0. The van der Waals surface area contributed by atoms with Crippen molar-refractivity contribution < 1.29 is 23.9 Å². The van der Waals surface area contributed by atoms with E-state index in [0.29, 0.717) is 40.9 Å². The van der Waals surface area contributed by atoms with Crippen LogP contribution < -0.4 is 21.3 Å². The Morgan fingerprint density at radius 1 is 1.21 bits per heavy atom. The molecule has 2 heterocycles. The minimum atomic E-state index is -2.25. The third-order valence-electron chi connectivity index (χ3n) is 5.64. The number of benzene rings is 2. The summed E-state index contributed by atoms with van der Waals surface area (Å²) in [4.78, 5) is 42.2. The van der Waals surface area contributed by atoms with E-state index in [1.807, 2.05) is 0 Å². The molecule has 0 saturated carbocycles. The first kappa shape index (κ1) is 23.7. The van der Waals surface area contributed by atoms with E-state index < -0.39 is 23.2 Å². The lowest BCUT2D eigenvalue weighted by Crippen LogP contribution is -2.52. The molecule has 0 bridgehead atoms. The number of nitrogens with zero attached hydrogens (tertiary/aromatic N) is 1. The molecule has 1 aromatic heterocycles. The molecule has 4 rings (SSSR count). The van der Waals surface area contributed by atoms with Gasteiger partial charge in [-0.05, 0) is 48.0 Å². The Hall–Kier alpha value is -3.47. The fourth-order valence-electron chi connectivity index (χ4n) is 3.90. The standard InChI is InChI=1S/C23H23ClFN5O4/c24-15-7-13(8-16(25)11-15)12-28-21(32)23(34)3-6-30(22(23)33)17-1-2-18-14(9-17)10-19(29-18)20(31)27-5-4-26/h1-2,7-11,29,34H,3-6,12,26H2,(H,27,31)(H,28,32)/t23-/m1/s1. The Kier molecular flexibility index (Phi) is 6.56. The number of aromatic amines is 1. The van der Waals surface area contributed by atoms with Crippen LogP contribution in [0.3, 0.4) is 0 Å². The van der Waals surface area contributed by atoms with Gasteiger partial charge in [0.15, 0.2) is 0 Å². The molecule has 1 aliphatic rings. The smallest absolute Gasteiger partial charge is 0.268 e. The molecule has 1 saturated heterocycles. The number of nitrogens with one attached hydrogen (secondary N) is 3. The number of hydrogen-bond acceptors (Lipinski definition) is 5. The number of amides is 3. The van der Waals surface area contributed by atoms with Gasteiger partial charge in [0.2, 0.25) is 5.60 Å². The van der Waals surface area contributed by atoms with E-state index in [0.717, 1.165) is 6.07 Å². The average molecular weight is 488 g/mol. The molecule has 0 radical (unpaired) electrons. The van der Waals surface area contributed by atoms with E-state index in [1.165, 1.54) is 17.0 Å². The maximum atomic E-state index is 13.5. The number of carbonyl (C=O) groups is 3. The van der Waals surface area contributed by atoms with Gasteiger partial charge in [-0.1, -0.05) is 11.6 Å². The Balaban J connectivity index is 1.48. The van der Waals surface area contributed by atoms with Crippen molar-refractivity contribution in [2.24, 2.45) is 5.73 Å². The molecular formula is C23H23ClFN5O4. The normalized spacial score (nSPS) is 17.9. The third kappa shape index (κ3) is 4.60. The van der Waals surface area contributed by atoms with Crippen LogP contribution in [0, 0.1) is 5.82 Å². The Morgan fingerprint density at radius 3 is 2.74 bits per heavy atom. The molecule has 178 valence electrons. The molecule has 1 fully saturated rings. The molecule has 11 heteroatoms. The highest BCUT2D eigenvalue weighted by atomic mass is 35.5. The van der Waals surface area contributed by atoms with Crippen molar-refractivity contribution in [1.29, 1.82) is 0 Å². The Morgan fingerprint density at radius 2 is 2.00 bits per heavy atom. The van der Waals surface area contributed by atoms with Gasteiger partial charge in [-0.15, -0.1) is 0 Å². The van der Waals surface area contributed by atoms with Crippen LogP contribution in [0.1, 0.15) is 22.5 Å². The van der Waals surface area contributed by atoms with Gasteiger partial charge in [-0.25, -0.2) is 4.39 Å². The van der Waals surface area contributed by atoms with Gasteiger partial charge in [0.25, 0.3) is 17.7 Å². The second kappa shape index (κ2) is 9.41. The molecule has 6 N–H and O–H groups in total. The lowest BCUT2D eigenvalue weighted by Gasteiger charge is -2.22. The second-order valence-electron chi connectivity index (χ2n) is 8.03. The fourth-order valence-corrected chi connectivity index (χ4v) is 4.14. The molecule has 0 aliphatic carbocycles. The zero-order valence-corrected chi connectivity index (χ0v) is 18.8. The van der Waals surface area contributed by atoms with Crippen molar-refractivity contribution in [3.05, 3.63) is 64.6 Å². The van der Waals surface area contributed by atoms with Crippen molar-refractivity contribution in [2.75, 3.05) is 24.5 Å². The van der Waals surface area contributed by atoms with Crippen molar-refractivity contribution in [3.8, 4) is 0 Å². The van der Waals surface area contributed by atoms with Crippen LogP contribution in [0.15, 0.2) is 42.5 Å². The van der Waals surface area contributed by atoms with Crippen LogP contribution in [0.2, 0.25) is 5.02 Å². The first-order valence-corrected chi connectivity index (χ1v) is 11.0. The van der Waals surface area contributed by atoms with Crippen molar-refractivity contribution in [1.82, 2.24) is 15.6 Å². The molecule has 3 amide bonds. The largest absolute Gasteiger partial charge is 0.372 e. The van der Waals surface area contributed by atoms with Crippen LogP contribution >= 0.6 is 11.6 Å². The number of nitrogens with two attached hydrogens (primary N) is 1. The highest BCUT2D eigenvalue weighted by Gasteiger charge is 2.51. The summed E-state index contributed by atoms with van der Waals surface area (Å²) in [5.74, 6) is -2.50. The van der Waals surface area contributed by atoms with Gasteiger partial charge >= 0.3 is 0 Å². The molecule has 0 unspecified atom stereocenters. The molecular weight excluding hydrogens is 465 g/mol. The number of carbonyl (C=O) groups excluding carboxylic acids is 3. The Labute approximate surface area is 199 Å². The lowest BCUT2D eigenvalue weighted by atomic mass is 10.0. The molecule has 0 spiro atoms. The number of anilines is 1. The van der Waals surface area contributed by atoms with Gasteiger partial charge in [0.05, 0.1) is 0 Å². The minimum Gasteiger partial charge on any atom is -0.372 e. The predicted molar refractivity (Wildman–Crippen MR) is 125 cm³/mol. The number of hydrogen-bond donors (Lipinski definition) is 5. The van der Waals surface area contributed by atoms with Crippen molar-refractivity contribution in [3.63, 3.8) is 0 Å². The van der Waals surface area contributed by atoms with Gasteiger partial charge < -0.3 is 31.4 Å². The summed E-state index contributed by atoms with van der Waals surface area (Å²) in [5.41, 5.74) is 5.07. The highest BCUT2D eigenvalue weighted by molar-refractivity contribution is 6.30. The topological polar surface area (TPSA) is 141 Å². The maximum absolute atomic E-state index is 13.5. The summed E-state index contributed by atoms with van der Waals surface area (Å²) < 4.78 is 13.5. The number of rotatable bonds is 7. The van der Waals surface area contributed by atoms with E-state index in [4.69, 9.17) is 17.3 Å². The Bertz CT molecular complexity index is 1260. The third-order valence-corrected chi connectivity index (χ3v) is 5.86. The van der Waals surface area contributed by atoms with Gasteiger partial charge in [0.1, 0.15) is 11.5 Å². The summed E-state index contributed by atoms with van der Waals surface area (Å²) in [6.07, 6.45) is -0.112. The van der Waals surface area contributed by atoms with Crippen molar-refractivity contribution >= 4 is 45.9 Å². The number of halogens is 2. The van der Waals surface area contributed by atoms with Crippen molar-refractivity contribution in [2.45, 2.75) is 18.6 Å². The number of aromatic nitrogens is 1. The lowest BCUT2D eigenvalue weighted by molar-refractivity contribution is -0.149. The zero-order valence-electron chi connectivity index (χ0n) is 18.0. The van der Waals surface area contributed by atoms with Crippen LogP contribution in [0.4, 0.5) is 10.1 Å². The van der Waals surface area contributed by atoms with E-state index in [2.05, 4.69) is 15.6 Å². The molecule has 1 atom stereocenters. The van der Waals surface area contributed by atoms with E-state index in [9.17, 15) is 23.9 Å². The SMILES string of the molecule is NCCNC(=O)c1cc2cc(N3CC[C@@](O)(C(=O)NCc4cc(F)cc(Cl)c4)C3=O)ccc2[nH]1. The van der Waals surface area contributed by atoms with Crippen LogP contribution in [0.25, 0.3) is 10.9 Å². The van der Waals surface area contributed by atoms with Gasteiger partial charge in [-0.3, -0.25) is 14.4 Å². The molecule has 3 aromatic rings. The summed E-state index contributed by atoms with van der Waals surface area (Å²) in [6, 6.07) is 10.5. The monoisotopic (exact) mass is 487 g/mol. The van der Waals surface area contributed by atoms with Gasteiger partial charge in [0, 0.05) is 54.2 Å². The maximum Gasteiger partial charge on any atom is 0.268 e. The molecule has 1 aliphatic heterocycles. The minimum absolute atomic E-state index is 0.101. The molecule has 34 heavy (non-hydrogen) atoms. The highest BCUT2D eigenvalue weighted by Crippen LogP contribution is 2.31. The predicted octanol–water partition coefficient (Wildman–Crippen LogP) is 1.43. The van der Waals surface area contributed by atoms with E-state index in [1.54, 1.807) is 24.3 Å². The molecule has 2 aromatic carbocycles. The first-order chi connectivity index (χ1) is 16.2. The van der Waals surface area contributed by atoms with E-state index >= 15 is 0 Å². The van der Waals surface area contributed by atoms with Gasteiger partial charge in [-0.2, -0.15) is 0 Å². The quantitative estimate of drug-likeness (QED) is 0.321. The average Bonchev–Trinajstić information content (AvgIpc) is 3.36. The number of fused-ring (bicyclic) bond motifs is 1. The molecule has 9 nitrogen and oxygen atoms in total. The fraction of sp³-hybridized carbons (Fsp3) is 0.261. The number of H-pyrrole nitrogens is 1. The summed E-state index contributed by atoms with van der Waals surface area (Å²) in [5, 5.41) is 16.9. The second-order valence-corrected chi connectivity index (χ2v) is 8.46.